The largest absolute Gasteiger partial charge is 0.439 e. The Labute approximate surface area is 93.5 Å². The minimum atomic E-state index is 0.353. The van der Waals surface area contributed by atoms with Gasteiger partial charge in [0.25, 0.3) is 0 Å². The SMILES string of the molecule is C=C/C=C(\N=C)Oc1ccc(N)c(Cl)c1. The van der Waals surface area contributed by atoms with Gasteiger partial charge in [0.2, 0.25) is 5.88 Å². The van der Waals surface area contributed by atoms with Crippen LogP contribution >= 0.6 is 11.6 Å². The number of ether oxygens (including phenoxy) is 1. The highest BCUT2D eigenvalue weighted by atomic mass is 35.5. The number of halogens is 1. The zero-order chi connectivity index (χ0) is 11.3. The Morgan fingerprint density at radius 2 is 2.27 bits per heavy atom. The first-order valence-corrected chi connectivity index (χ1v) is 4.57. The lowest BCUT2D eigenvalue weighted by molar-refractivity contribution is 0.422. The molecule has 0 bridgehead atoms. The molecule has 0 saturated carbocycles. The Bertz CT molecular complexity index is 413. The van der Waals surface area contributed by atoms with Crippen LogP contribution in [0.5, 0.6) is 5.75 Å². The van der Waals surface area contributed by atoms with Crippen molar-refractivity contribution in [1.29, 1.82) is 0 Å². The van der Waals surface area contributed by atoms with Gasteiger partial charge in [0.05, 0.1) is 10.7 Å². The standard InChI is InChI=1S/C11H11ClN2O/c1-3-4-11(14-2)15-8-5-6-10(13)9(12)7-8/h3-7H,1-2,13H2/b11-4+. The number of hydrogen-bond acceptors (Lipinski definition) is 3. The summed E-state index contributed by atoms with van der Waals surface area (Å²) in [6, 6.07) is 4.97. The molecule has 1 aromatic carbocycles. The molecule has 0 aliphatic carbocycles. The van der Waals surface area contributed by atoms with E-state index in [1.165, 1.54) is 0 Å². The van der Waals surface area contributed by atoms with Crippen molar-refractivity contribution in [1.82, 2.24) is 0 Å². The first-order valence-electron chi connectivity index (χ1n) is 4.19. The highest BCUT2D eigenvalue weighted by molar-refractivity contribution is 6.33. The monoisotopic (exact) mass is 222 g/mol. The van der Waals surface area contributed by atoms with E-state index in [1.54, 1.807) is 30.4 Å². The Hall–Kier alpha value is -1.74. The van der Waals surface area contributed by atoms with Gasteiger partial charge in [0.1, 0.15) is 5.75 Å². The van der Waals surface area contributed by atoms with Gasteiger partial charge in [-0.1, -0.05) is 24.3 Å². The summed E-state index contributed by atoms with van der Waals surface area (Å²) >= 11 is 5.83. The minimum absolute atomic E-state index is 0.353. The maximum Gasteiger partial charge on any atom is 0.218 e. The van der Waals surface area contributed by atoms with E-state index in [0.29, 0.717) is 22.3 Å². The second-order valence-electron chi connectivity index (χ2n) is 2.68. The molecule has 0 fully saturated rings. The predicted molar refractivity (Wildman–Crippen MR) is 64.3 cm³/mol. The second-order valence-corrected chi connectivity index (χ2v) is 3.09. The molecule has 4 heteroatoms. The lowest BCUT2D eigenvalue weighted by atomic mass is 10.3. The van der Waals surface area contributed by atoms with E-state index in [9.17, 15) is 0 Å². The minimum Gasteiger partial charge on any atom is -0.439 e. The van der Waals surface area contributed by atoms with Crippen molar-refractivity contribution in [3.05, 3.63) is 47.8 Å². The molecule has 0 spiro atoms. The van der Waals surface area contributed by atoms with Crippen LogP contribution in [0.4, 0.5) is 5.69 Å². The van der Waals surface area contributed by atoms with Gasteiger partial charge in [0.15, 0.2) is 0 Å². The molecule has 1 rings (SSSR count). The van der Waals surface area contributed by atoms with Crippen LogP contribution < -0.4 is 10.5 Å². The molecule has 15 heavy (non-hydrogen) atoms. The molecule has 0 amide bonds. The van der Waals surface area contributed by atoms with Crippen LogP contribution in [0.3, 0.4) is 0 Å². The van der Waals surface area contributed by atoms with Gasteiger partial charge < -0.3 is 10.5 Å². The summed E-state index contributed by atoms with van der Waals surface area (Å²) < 4.78 is 5.36. The maximum atomic E-state index is 5.83. The van der Waals surface area contributed by atoms with E-state index in [0.717, 1.165) is 0 Å². The highest BCUT2D eigenvalue weighted by Gasteiger charge is 2.01. The fourth-order valence-corrected chi connectivity index (χ4v) is 1.08. The van der Waals surface area contributed by atoms with Crippen molar-refractivity contribution in [3.63, 3.8) is 0 Å². The average molecular weight is 223 g/mol. The number of hydrogen-bond donors (Lipinski definition) is 1. The lowest BCUT2D eigenvalue weighted by Gasteiger charge is -2.06. The van der Waals surface area contributed by atoms with Crippen LogP contribution in [0.15, 0.2) is 47.8 Å². The Kier molecular flexibility index (Phi) is 3.94. The van der Waals surface area contributed by atoms with E-state index in [4.69, 9.17) is 22.1 Å². The molecule has 3 nitrogen and oxygen atoms in total. The van der Waals surface area contributed by atoms with Gasteiger partial charge in [-0.15, -0.1) is 0 Å². The summed E-state index contributed by atoms with van der Waals surface area (Å²) in [6.07, 6.45) is 3.15. The number of allylic oxidation sites excluding steroid dienone is 2. The van der Waals surface area contributed by atoms with Gasteiger partial charge >= 0.3 is 0 Å². The normalized spacial score (nSPS) is 10.9. The molecular formula is C11H11ClN2O. The van der Waals surface area contributed by atoms with E-state index in [-0.39, 0.29) is 0 Å². The van der Waals surface area contributed by atoms with Crippen LogP contribution in [-0.2, 0) is 0 Å². The van der Waals surface area contributed by atoms with Crippen LogP contribution in [0.25, 0.3) is 0 Å². The highest BCUT2D eigenvalue weighted by Crippen LogP contribution is 2.25. The smallest absolute Gasteiger partial charge is 0.218 e. The molecule has 0 radical (unpaired) electrons. The van der Waals surface area contributed by atoms with Crippen LogP contribution in [0.1, 0.15) is 0 Å². The number of nitrogens with two attached hydrogens (primary N) is 1. The number of nitrogen functional groups attached to an aromatic ring is 1. The van der Waals surface area contributed by atoms with E-state index in [2.05, 4.69) is 18.3 Å². The molecule has 1 aromatic rings. The number of nitrogens with zero attached hydrogens (tertiary/aromatic N) is 1. The van der Waals surface area contributed by atoms with Gasteiger partial charge in [-0.2, -0.15) is 0 Å². The molecule has 78 valence electrons. The van der Waals surface area contributed by atoms with Crippen molar-refractivity contribution in [2.75, 3.05) is 5.73 Å². The molecule has 0 aliphatic rings. The first kappa shape index (κ1) is 11.3. The number of benzene rings is 1. The van der Waals surface area contributed by atoms with Gasteiger partial charge in [-0.05, 0) is 18.9 Å². The van der Waals surface area contributed by atoms with Crippen molar-refractivity contribution in [2.24, 2.45) is 4.99 Å². The van der Waals surface area contributed by atoms with E-state index < -0.39 is 0 Å². The number of rotatable bonds is 4. The molecule has 0 atom stereocenters. The van der Waals surface area contributed by atoms with E-state index >= 15 is 0 Å². The second kappa shape index (κ2) is 5.22. The molecule has 2 N–H and O–H groups in total. The maximum absolute atomic E-state index is 5.83. The summed E-state index contributed by atoms with van der Waals surface area (Å²) in [7, 11) is 0. The van der Waals surface area contributed by atoms with Crippen molar-refractivity contribution in [3.8, 4) is 5.75 Å². The molecule has 0 saturated heterocycles. The third-order valence-corrected chi connectivity index (χ3v) is 1.94. The Balaban J connectivity index is 2.89. The van der Waals surface area contributed by atoms with Crippen LogP contribution in [0, 0.1) is 0 Å². The average Bonchev–Trinajstić information content (AvgIpc) is 2.23. The Morgan fingerprint density at radius 1 is 1.53 bits per heavy atom. The lowest BCUT2D eigenvalue weighted by Crippen LogP contribution is -1.93. The fourth-order valence-electron chi connectivity index (χ4n) is 0.912. The van der Waals surface area contributed by atoms with Crippen molar-refractivity contribution < 1.29 is 4.74 Å². The number of anilines is 1. The van der Waals surface area contributed by atoms with Crippen LogP contribution in [0.2, 0.25) is 5.02 Å². The summed E-state index contributed by atoms with van der Waals surface area (Å²) in [5.74, 6) is 0.903. The van der Waals surface area contributed by atoms with Gasteiger partial charge in [-0.3, -0.25) is 0 Å². The van der Waals surface area contributed by atoms with E-state index in [1.807, 2.05) is 0 Å². The topological polar surface area (TPSA) is 47.6 Å². The van der Waals surface area contributed by atoms with Gasteiger partial charge in [-0.25, -0.2) is 4.99 Å². The van der Waals surface area contributed by atoms with Gasteiger partial charge in [0, 0.05) is 12.1 Å². The third-order valence-electron chi connectivity index (χ3n) is 1.61. The summed E-state index contributed by atoms with van der Waals surface area (Å²) in [5.41, 5.74) is 6.06. The molecular weight excluding hydrogens is 212 g/mol. The zero-order valence-electron chi connectivity index (χ0n) is 8.11. The molecule has 0 heterocycles. The Morgan fingerprint density at radius 3 is 2.80 bits per heavy atom. The van der Waals surface area contributed by atoms with Crippen LogP contribution in [-0.4, -0.2) is 6.72 Å². The van der Waals surface area contributed by atoms with Crippen molar-refractivity contribution >= 4 is 24.0 Å². The summed E-state index contributed by atoms with van der Waals surface area (Å²) in [4.78, 5) is 3.67. The summed E-state index contributed by atoms with van der Waals surface area (Å²) in [6.45, 7) is 6.90. The molecule has 0 unspecified atom stereocenters. The third kappa shape index (κ3) is 3.14. The molecule has 0 aromatic heterocycles. The number of aliphatic imine (C=N–C) groups is 1. The summed E-state index contributed by atoms with van der Waals surface area (Å²) in [5, 5.41) is 0.439. The molecule has 0 aliphatic heterocycles. The quantitative estimate of drug-likeness (QED) is 0.368. The zero-order valence-corrected chi connectivity index (χ0v) is 8.87. The first-order chi connectivity index (χ1) is 7.17. The predicted octanol–water partition coefficient (Wildman–Crippen LogP) is 3.03. The van der Waals surface area contributed by atoms with Crippen molar-refractivity contribution in [2.45, 2.75) is 0 Å². The fraction of sp³-hybridized carbons (Fsp3) is 0.